The van der Waals surface area contributed by atoms with Crippen LogP contribution in [0.2, 0.25) is 5.02 Å². The number of phenolic OH excluding ortho intramolecular Hbond substituents is 1. The maximum atomic E-state index is 9.88. The molecular formula is C13H11ClN4OS. The van der Waals surface area contributed by atoms with Crippen LogP contribution >= 0.6 is 23.5 Å². The fraction of sp³-hybridized carbons (Fsp3) is 0. The summed E-state index contributed by atoms with van der Waals surface area (Å²) in [5.74, 6) is 0.569. The number of nitrogens with zero attached hydrogens (tertiary/aromatic N) is 1. The van der Waals surface area contributed by atoms with Crippen LogP contribution in [0.3, 0.4) is 0 Å². The minimum Gasteiger partial charge on any atom is -0.506 e. The Morgan fingerprint density at radius 2 is 2.15 bits per heavy atom. The van der Waals surface area contributed by atoms with Gasteiger partial charge in [-0.3, -0.25) is 4.72 Å². The third-order valence-electron chi connectivity index (χ3n) is 2.65. The summed E-state index contributed by atoms with van der Waals surface area (Å²) in [5.41, 5.74) is 7.69. The Bertz CT molecular complexity index is 705. The minimum atomic E-state index is 0.0494. The largest absolute Gasteiger partial charge is 0.506 e. The molecule has 0 bridgehead atoms. The van der Waals surface area contributed by atoms with Crippen LogP contribution in [0.1, 0.15) is 0 Å². The smallest absolute Gasteiger partial charge is 0.211 e. The molecule has 5 nitrogen and oxygen atoms in total. The van der Waals surface area contributed by atoms with Crippen LogP contribution in [0.25, 0.3) is 0 Å². The summed E-state index contributed by atoms with van der Waals surface area (Å²) in [6, 6.07) is 10.5. The molecule has 0 aromatic heterocycles. The summed E-state index contributed by atoms with van der Waals surface area (Å²) in [7, 11) is 0. The van der Waals surface area contributed by atoms with E-state index in [1.165, 1.54) is 18.0 Å². The first kappa shape index (κ1) is 13.0. The van der Waals surface area contributed by atoms with Gasteiger partial charge in [0.25, 0.3) is 0 Å². The lowest BCUT2D eigenvalue weighted by Gasteiger charge is -2.18. The summed E-state index contributed by atoms with van der Waals surface area (Å²) in [6.45, 7) is 0. The molecule has 1 heterocycles. The normalized spacial score (nSPS) is 13.2. The Labute approximate surface area is 125 Å². The van der Waals surface area contributed by atoms with Gasteiger partial charge in [-0.05, 0) is 36.2 Å². The SMILES string of the molecule is Nc1cccc(NC2=Nc3c(O)cc(Cl)cc3SN2)c1. The van der Waals surface area contributed by atoms with Gasteiger partial charge in [-0.1, -0.05) is 17.7 Å². The quantitative estimate of drug-likeness (QED) is 0.480. The van der Waals surface area contributed by atoms with Crippen LogP contribution in [0.4, 0.5) is 17.1 Å². The van der Waals surface area contributed by atoms with Crippen molar-refractivity contribution in [2.24, 2.45) is 4.99 Å². The highest BCUT2D eigenvalue weighted by molar-refractivity contribution is 7.98. The van der Waals surface area contributed by atoms with Gasteiger partial charge in [-0.2, -0.15) is 0 Å². The standard InChI is InChI=1S/C13H11ClN4OS/c14-7-4-10(19)12-11(5-7)20-18-13(17-12)16-9-3-1-2-8(15)6-9/h1-6,19H,15H2,(H2,16,17,18). The highest BCUT2D eigenvalue weighted by atomic mass is 35.5. The van der Waals surface area contributed by atoms with Gasteiger partial charge < -0.3 is 16.2 Å². The van der Waals surface area contributed by atoms with Crippen LogP contribution in [0.15, 0.2) is 46.3 Å². The van der Waals surface area contributed by atoms with E-state index in [2.05, 4.69) is 15.0 Å². The van der Waals surface area contributed by atoms with Gasteiger partial charge in [-0.15, -0.1) is 0 Å². The van der Waals surface area contributed by atoms with Crippen LogP contribution in [0, 0.1) is 0 Å². The number of aliphatic imine (C=N–C) groups is 1. The van der Waals surface area contributed by atoms with E-state index in [1.807, 2.05) is 12.1 Å². The third-order valence-corrected chi connectivity index (χ3v) is 3.69. The topological polar surface area (TPSA) is 82.7 Å². The number of nitrogen functional groups attached to an aromatic ring is 1. The van der Waals surface area contributed by atoms with Crippen molar-refractivity contribution in [2.75, 3.05) is 11.1 Å². The van der Waals surface area contributed by atoms with Crippen molar-refractivity contribution in [3.8, 4) is 5.75 Å². The van der Waals surface area contributed by atoms with Crippen LogP contribution in [-0.2, 0) is 0 Å². The van der Waals surface area contributed by atoms with Gasteiger partial charge in [0.1, 0.15) is 11.4 Å². The Hall–Kier alpha value is -2.05. The molecule has 0 spiro atoms. The van der Waals surface area contributed by atoms with E-state index < -0.39 is 0 Å². The number of anilines is 2. The first-order chi connectivity index (χ1) is 9.61. The zero-order chi connectivity index (χ0) is 14.1. The third kappa shape index (κ3) is 2.61. The van der Waals surface area contributed by atoms with Crippen LogP contribution < -0.4 is 15.8 Å². The molecule has 7 heteroatoms. The minimum absolute atomic E-state index is 0.0494. The molecule has 5 N–H and O–H groups in total. The molecule has 0 unspecified atom stereocenters. The average molecular weight is 307 g/mol. The summed E-state index contributed by atoms with van der Waals surface area (Å²) in [6.07, 6.45) is 0. The number of nitrogens with one attached hydrogen (secondary N) is 2. The number of phenols is 1. The Kier molecular flexibility index (Phi) is 3.33. The fourth-order valence-electron chi connectivity index (χ4n) is 1.80. The van der Waals surface area contributed by atoms with E-state index in [0.29, 0.717) is 22.4 Å². The lowest BCUT2D eigenvalue weighted by molar-refractivity contribution is 0.475. The number of rotatable bonds is 1. The highest BCUT2D eigenvalue weighted by Gasteiger charge is 2.17. The second-order valence-electron chi connectivity index (χ2n) is 4.19. The van der Waals surface area contributed by atoms with Crippen molar-refractivity contribution in [1.82, 2.24) is 4.72 Å². The van der Waals surface area contributed by atoms with E-state index in [1.54, 1.807) is 18.2 Å². The number of fused-ring (bicyclic) bond motifs is 1. The van der Waals surface area contributed by atoms with Gasteiger partial charge >= 0.3 is 0 Å². The number of benzene rings is 2. The molecule has 102 valence electrons. The molecule has 20 heavy (non-hydrogen) atoms. The van der Waals surface area contributed by atoms with E-state index in [-0.39, 0.29) is 5.75 Å². The lowest BCUT2D eigenvalue weighted by atomic mass is 10.3. The maximum Gasteiger partial charge on any atom is 0.211 e. The number of hydrogen-bond donors (Lipinski definition) is 4. The molecule has 0 saturated carbocycles. The van der Waals surface area contributed by atoms with Gasteiger partial charge in [-0.25, -0.2) is 4.99 Å². The second kappa shape index (κ2) is 5.15. The van der Waals surface area contributed by atoms with Crippen molar-refractivity contribution >= 4 is 46.6 Å². The molecule has 2 aromatic carbocycles. The van der Waals surface area contributed by atoms with Gasteiger partial charge in [0.15, 0.2) is 0 Å². The molecule has 3 rings (SSSR count). The Morgan fingerprint density at radius 1 is 1.30 bits per heavy atom. The lowest BCUT2D eigenvalue weighted by Crippen LogP contribution is -2.26. The van der Waals surface area contributed by atoms with Gasteiger partial charge in [0.05, 0.1) is 4.90 Å². The van der Waals surface area contributed by atoms with E-state index in [4.69, 9.17) is 17.3 Å². The maximum absolute atomic E-state index is 9.88. The van der Waals surface area contributed by atoms with Crippen molar-refractivity contribution < 1.29 is 5.11 Å². The number of aromatic hydroxyl groups is 1. The molecule has 2 aromatic rings. The number of halogens is 1. The average Bonchev–Trinajstić information content (AvgIpc) is 2.39. The van der Waals surface area contributed by atoms with E-state index in [0.717, 1.165) is 10.6 Å². The van der Waals surface area contributed by atoms with Crippen molar-refractivity contribution in [2.45, 2.75) is 4.90 Å². The molecule has 1 aliphatic heterocycles. The molecule has 0 fully saturated rings. The molecule has 0 radical (unpaired) electrons. The monoisotopic (exact) mass is 306 g/mol. The molecule has 0 atom stereocenters. The number of nitrogens with two attached hydrogens (primary N) is 1. The van der Waals surface area contributed by atoms with Crippen molar-refractivity contribution in [3.05, 3.63) is 41.4 Å². The zero-order valence-corrected chi connectivity index (χ0v) is 11.8. The molecule has 0 aliphatic carbocycles. The van der Waals surface area contributed by atoms with Crippen LogP contribution in [-0.4, -0.2) is 11.1 Å². The Balaban J connectivity index is 1.91. The van der Waals surface area contributed by atoms with E-state index >= 15 is 0 Å². The molecule has 1 aliphatic rings. The summed E-state index contributed by atoms with van der Waals surface area (Å²) >= 11 is 7.22. The molecular weight excluding hydrogens is 296 g/mol. The summed E-state index contributed by atoms with van der Waals surface area (Å²) in [5, 5.41) is 13.5. The van der Waals surface area contributed by atoms with Gasteiger partial charge in [0, 0.05) is 22.5 Å². The predicted octanol–water partition coefficient (Wildman–Crippen LogP) is 3.34. The van der Waals surface area contributed by atoms with Crippen molar-refractivity contribution in [1.29, 1.82) is 0 Å². The molecule has 0 saturated heterocycles. The Morgan fingerprint density at radius 3 is 2.95 bits per heavy atom. The predicted molar refractivity (Wildman–Crippen MR) is 83.7 cm³/mol. The molecule has 0 amide bonds. The fourth-order valence-corrected chi connectivity index (χ4v) is 2.81. The first-order valence-corrected chi connectivity index (χ1v) is 6.98. The summed E-state index contributed by atoms with van der Waals surface area (Å²) in [4.78, 5) is 5.11. The highest BCUT2D eigenvalue weighted by Crippen LogP contribution is 2.40. The van der Waals surface area contributed by atoms with Crippen molar-refractivity contribution in [3.63, 3.8) is 0 Å². The summed E-state index contributed by atoms with van der Waals surface area (Å²) < 4.78 is 3.04. The zero-order valence-electron chi connectivity index (χ0n) is 10.2. The van der Waals surface area contributed by atoms with E-state index in [9.17, 15) is 5.11 Å². The van der Waals surface area contributed by atoms with Gasteiger partial charge in [0.2, 0.25) is 5.96 Å². The number of guanidine groups is 1. The first-order valence-electron chi connectivity index (χ1n) is 5.78. The number of hydrogen-bond acceptors (Lipinski definition) is 6. The second-order valence-corrected chi connectivity index (χ2v) is 5.47. The van der Waals surface area contributed by atoms with Crippen LogP contribution in [0.5, 0.6) is 5.75 Å².